The summed E-state index contributed by atoms with van der Waals surface area (Å²) in [6.45, 7) is 6.24. The first-order valence-electron chi connectivity index (χ1n) is 7.25. The van der Waals surface area contributed by atoms with Crippen molar-refractivity contribution < 1.29 is 38.1 Å². The lowest BCUT2D eigenvalue weighted by atomic mass is 10.1. The van der Waals surface area contributed by atoms with Gasteiger partial charge in [-0.1, -0.05) is 12.7 Å². The summed E-state index contributed by atoms with van der Waals surface area (Å²) in [7, 11) is 0. The first-order chi connectivity index (χ1) is 11.2. The Hall–Kier alpha value is -2.17. The molecule has 0 spiro atoms. The number of carbonyl (C=O) groups excluding carboxylic acids is 3. The zero-order valence-corrected chi connectivity index (χ0v) is 13.4. The van der Waals surface area contributed by atoms with Crippen molar-refractivity contribution in [2.45, 2.75) is 44.2 Å². The molecule has 4 atom stereocenters. The summed E-state index contributed by atoms with van der Waals surface area (Å²) in [4.78, 5) is 34.6. The van der Waals surface area contributed by atoms with Crippen LogP contribution in [0.25, 0.3) is 0 Å². The summed E-state index contributed by atoms with van der Waals surface area (Å²) in [5.74, 6) is -2.57. The smallest absolute Gasteiger partial charge is 0.407 e. The molecule has 0 aliphatic carbocycles. The molecule has 0 aromatic heterocycles. The standard InChI is InChI=1S/C14H20N2O8/c1-4-5-20-13(19)16-6-7(17)21-8-9(11(15)18)22-12-10(8)23-14(2,3)24-12/h4,8-10,12H,1,5-6H2,2-3H3,(H2,15,18)(H,16,19)/t8-,9-,10+,12+/m0/s1. The molecule has 10 nitrogen and oxygen atoms in total. The minimum Gasteiger partial charge on any atom is -0.455 e. The SMILES string of the molecule is C=CCOC(=O)NCC(=O)O[C@@H]1[C@H]2OC(C)(C)O[C@H]2O[C@@H]1C(N)=O. The number of rotatable bonds is 6. The van der Waals surface area contributed by atoms with E-state index < -0.39 is 54.9 Å². The van der Waals surface area contributed by atoms with Crippen LogP contribution in [0.15, 0.2) is 12.7 Å². The van der Waals surface area contributed by atoms with E-state index in [1.807, 2.05) is 0 Å². The van der Waals surface area contributed by atoms with E-state index >= 15 is 0 Å². The topological polar surface area (TPSA) is 135 Å². The minimum atomic E-state index is -1.20. The maximum atomic E-state index is 11.9. The molecule has 2 fully saturated rings. The molecule has 2 heterocycles. The Kier molecular flexibility index (Phi) is 5.42. The average Bonchev–Trinajstić information content (AvgIpc) is 2.96. The molecular formula is C14H20N2O8. The number of hydrogen-bond acceptors (Lipinski definition) is 8. The third-order valence-electron chi connectivity index (χ3n) is 3.25. The van der Waals surface area contributed by atoms with E-state index in [4.69, 9.17) is 24.7 Å². The van der Waals surface area contributed by atoms with Crippen LogP contribution >= 0.6 is 0 Å². The highest BCUT2D eigenvalue weighted by molar-refractivity contribution is 5.82. The summed E-state index contributed by atoms with van der Waals surface area (Å²) in [5, 5.41) is 2.20. The first kappa shape index (κ1) is 18.2. The van der Waals surface area contributed by atoms with Crippen molar-refractivity contribution in [1.29, 1.82) is 0 Å². The lowest BCUT2D eigenvalue weighted by Crippen LogP contribution is -2.45. The van der Waals surface area contributed by atoms with Crippen LogP contribution in [0.2, 0.25) is 0 Å². The zero-order chi connectivity index (χ0) is 17.9. The fraction of sp³-hybridized carbons (Fsp3) is 0.643. The van der Waals surface area contributed by atoms with E-state index in [0.29, 0.717) is 0 Å². The number of alkyl carbamates (subject to hydrolysis) is 1. The number of primary amides is 1. The highest BCUT2D eigenvalue weighted by atomic mass is 16.8. The van der Waals surface area contributed by atoms with E-state index in [9.17, 15) is 14.4 Å². The van der Waals surface area contributed by atoms with Gasteiger partial charge >= 0.3 is 12.1 Å². The van der Waals surface area contributed by atoms with Crippen molar-refractivity contribution in [2.75, 3.05) is 13.2 Å². The third kappa shape index (κ3) is 4.22. The van der Waals surface area contributed by atoms with Crippen LogP contribution in [0.4, 0.5) is 4.79 Å². The number of nitrogens with one attached hydrogen (secondary N) is 1. The summed E-state index contributed by atoms with van der Waals surface area (Å²) >= 11 is 0. The van der Waals surface area contributed by atoms with E-state index in [1.165, 1.54) is 6.08 Å². The number of esters is 1. The Bertz CT molecular complexity index is 535. The lowest BCUT2D eigenvalue weighted by Gasteiger charge is -2.24. The van der Waals surface area contributed by atoms with Gasteiger partial charge in [0.05, 0.1) is 0 Å². The van der Waals surface area contributed by atoms with Crippen molar-refractivity contribution >= 4 is 18.0 Å². The van der Waals surface area contributed by atoms with Crippen molar-refractivity contribution in [2.24, 2.45) is 5.73 Å². The van der Waals surface area contributed by atoms with Gasteiger partial charge in [0.1, 0.15) is 13.2 Å². The second-order valence-corrected chi connectivity index (χ2v) is 5.62. The van der Waals surface area contributed by atoms with Gasteiger partial charge in [0, 0.05) is 0 Å². The van der Waals surface area contributed by atoms with E-state index in [-0.39, 0.29) is 6.61 Å². The van der Waals surface area contributed by atoms with Gasteiger partial charge in [0.2, 0.25) is 0 Å². The van der Waals surface area contributed by atoms with Gasteiger partial charge in [-0.2, -0.15) is 0 Å². The molecule has 2 saturated heterocycles. The molecule has 0 saturated carbocycles. The van der Waals surface area contributed by atoms with Gasteiger partial charge in [0.25, 0.3) is 5.91 Å². The lowest BCUT2D eigenvalue weighted by molar-refractivity contribution is -0.217. The van der Waals surface area contributed by atoms with Gasteiger partial charge in [-0.15, -0.1) is 0 Å². The molecule has 2 rings (SSSR count). The molecule has 2 amide bonds. The highest BCUT2D eigenvalue weighted by Crippen LogP contribution is 2.38. The molecule has 2 aliphatic heterocycles. The quantitative estimate of drug-likeness (QED) is 0.471. The van der Waals surface area contributed by atoms with Crippen LogP contribution in [-0.4, -0.2) is 61.5 Å². The first-order valence-corrected chi connectivity index (χ1v) is 7.25. The number of fused-ring (bicyclic) bond motifs is 1. The van der Waals surface area contributed by atoms with E-state index in [0.717, 1.165) is 0 Å². The molecule has 10 heteroatoms. The van der Waals surface area contributed by atoms with Gasteiger partial charge in [-0.3, -0.25) is 9.59 Å². The van der Waals surface area contributed by atoms with Crippen LogP contribution < -0.4 is 11.1 Å². The maximum absolute atomic E-state index is 11.9. The Morgan fingerprint density at radius 2 is 2.04 bits per heavy atom. The second kappa shape index (κ2) is 7.16. The summed E-state index contributed by atoms with van der Waals surface area (Å²) in [5.41, 5.74) is 5.25. The van der Waals surface area contributed by atoms with Gasteiger partial charge in [-0.25, -0.2) is 4.79 Å². The molecule has 3 N–H and O–H groups in total. The Balaban J connectivity index is 1.92. The number of carbonyl (C=O) groups is 3. The molecule has 0 aromatic carbocycles. The third-order valence-corrected chi connectivity index (χ3v) is 3.25. The monoisotopic (exact) mass is 344 g/mol. The Morgan fingerprint density at radius 3 is 2.67 bits per heavy atom. The highest BCUT2D eigenvalue weighted by Gasteiger charge is 2.58. The number of hydrogen-bond donors (Lipinski definition) is 2. The second-order valence-electron chi connectivity index (χ2n) is 5.62. The molecule has 0 radical (unpaired) electrons. The molecule has 0 bridgehead atoms. The largest absolute Gasteiger partial charge is 0.455 e. The summed E-state index contributed by atoms with van der Waals surface area (Å²) in [6.07, 6.45) is -3.37. The average molecular weight is 344 g/mol. The summed E-state index contributed by atoms with van der Waals surface area (Å²) < 4.78 is 26.2. The van der Waals surface area contributed by atoms with Crippen molar-refractivity contribution in [1.82, 2.24) is 5.32 Å². The van der Waals surface area contributed by atoms with Crippen molar-refractivity contribution in [3.63, 3.8) is 0 Å². The van der Waals surface area contributed by atoms with E-state index in [1.54, 1.807) is 13.8 Å². The van der Waals surface area contributed by atoms with Crippen LogP contribution in [0.3, 0.4) is 0 Å². The minimum absolute atomic E-state index is 0.00507. The van der Waals surface area contributed by atoms with Crippen LogP contribution in [0.1, 0.15) is 13.8 Å². The number of nitrogens with two attached hydrogens (primary N) is 1. The van der Waals surface area contributed by atoms with Crippen LogP contribution in [0, 0.1) is 0 Å². The molecule has 134 valence electrons. The fourth-order valence-electron chi connectivity index (χ4n) is 2.36. The van der Waals surface area contributed by atoms with Crippen LogP contribution in [-0.2, 0) is 33.3 Å². The van der Waals surface area contributed by atoms with Crippen molar-refractivity contribution in [3.05, 3.63) is 12.7 Å². The van der Waals surface area contributed by atoms with Gasteiger partial charge in [0.15, 0.2) is 30.4 Å². The van der Waals surface area contributed by atoms with Gasteiger partial charge < -0.3 is 34.7 Å². The maximum Gasteiger partial charge on any atom is 0.407 e. The molecular weight excluding hydrogens is 324 g/mol. The van der Waals surface area contributed by atoms with Gasteiger partial charge in [-0.05, 0) is 13.8 Å². The van der Waals surface area contributed by atoms with Crippen LogP contribution in [0.5, 0.6) is 0 Å². The predicted molar refractivity (Wildman–Crippen MR) is 77.3 cm³/mol. The normalized spacial score (nSPS) is 30.2. The molecule has 0 aromatic rings. The number of ether oxygens (including phenoxy) is 5. The van der Waals surface area contributed by atoms with Crippen molar-refractivity contribution in [3.8, 4) is 0 Å². The molecule has 24 heavy (non-hydrogen) atoms. The Labute approximate surface area is 138 Å². The molecule has 2 aliphatic rings. The summed E-state index contributed by atoms with van der Waals surface area (Å²) in [6, 6.07) is 0. The fourth-order valence-corrected chi connectivity index (χ4v) is 2.36. The number of amides is 2. The van der Waals surface area contributed by atoms with E-state index in [2.05, 4.69) is 16.6 Å². The Morgan fingerprint density at radius 1 is 1.33 bits per heavy atom. The zero-order valence-electron chi connectivity index (χ0n) is 13.4. The predicted octanol–water partition coefficient (Wildman–Crippen LogP) is -0.828. The molecule has 0 unspecified atom stereocenters.